The van der Waals surface area contributed by atoms with Crippen molar-refractivity contribution in [2.45, 2.75) is 32.4 Å². The molecule has 2 N–H and O–H groups in total. The van der Waals surface area contributed by atoms with Crippen LogP contribution in [-0.4, -0.2) is 34.2 Å². The summed E-state index contributed by atoms with van der Waals surface area (Å²) in [6.45, 7) is 3.46. The molecule has 0 spiro atoms. The Labute approximate surface area is 110 Å². The molecular formula is C12H19N3O2S. The van der Waals surface area contributed by atoms with E-state index in [1.54, 1.807) is 18.4 Å². The molecule has 0 aliphatic rings. The molecule has 1 atom stereocenters. The van der Waals surface area contributed by atoms with Gasteiger partial charge in [-0.25, -0.2) is 0 Å². The number of aromatic nitrogens is 2. The van der Waals surface area contributed by atoms with Crippen LogP contribution in [-0.2, 0) is 6.54 Å². The van der Waals surface area contributed by atoms with Crippen LogP contribution in [0.3, 0.4) is 0 Å². The summed E-state index contributed by atoms with van der Waals surface area (Å²) in [6, 6.07) is 0. The number of nitrogens with zero attached hydrogens (tertiary/aromatic N) is 2. The molecule has 0 aromatic carbocycles. The van der Waals surface area contributed by atoms with Crippen molar-refractivity contribution in [1.29, 1.82) is 0 Å². The van der Waals surface area contributed by atoms with Gasteiger partial charge in [0.05, 0.1) is 13.2 Å². The summed E-state index contributed by atoms with van der Waals surface area (Å²) in [6.07, 6.45) is 3.34. The van der Waals surface area contributed by atoms with E-state index >= 15 is 0 Å². The highest BCUT2D eigenvalue weighted by Gasteiger charge is 2.13. The van der Waals surface area contributed by atoms with Crippen LogP contribution in [0, 0.1) is 0 Å². The standard InChI is InChI=1S/C12H19N3O2S/c1-3-9(16)4-5-13-8-10-11(17-2)14-12-15(10)6-7-18-12/h6-7,9,13,16H,3-5,8H2,1-2H3. The Morgan fingerprint density at radius 1 is 1.61 bits per heavy atom. The van der Waals surface area contributed by atoms with Crippen LogP contribution in [0.2, 0.25) is 0 Å². The van der Waals surface area contributed by atoms with Crippen LogP contribution in [0.1, 0.15) is 25.5 Å². The minimum atomic E-state index is -0.217. The number of methoxy groups -OCH3 is 1. The normalized spacial score (nSPS) is 13.1. The number of ether oxygens (including phenoxy) is 1. The van der Waals surface area contributed by atoms with Gasteiger partial charge in [0, 0.05) is 18.1 Å². The topological polar surface area (TPSA) is 58.8 Å². The zero-order chi connectivity index (χ0) is 13.0. The molecule has 2 rings (SSSR count). The predicted molar refractivity (Wildman–Crippen MR) is 72.2 cm³/mol. The number of imidazole rings is 1. The smallest absolute Gasteiger partial charge is 0.237 e. The molecule has 0 bridgehead atoms. The number of hydrogen-bond acceptors (Lipinski definition) is 5. The number of rotatable bonds is 7. The molecule has 18 heavy (non-hydrogen) atoms. The van der Waals surface area contributed by atoms with Gasteiger partial charge in [-0.05, 0) is 19.4 Å². The summed E-state index contributed by atoms with van der Waals surface area (Å²) in [4.78, 5) is 5.33. The molecule has 1 unspecified atom stereocenters. The maximum atomic E-state index is 9.47. The number of aliphatic hydroxyl groups is 1. The maximum Gasteiger partial charge on any atom is 0.237 e. The van der Waals surface area contributed by atoms with E-state index in [-0.39, 0.29) is 6.10 Å². The van der Waals surface area contributed by atoms with E-state index in [1.165, 1.54) is 0 Å². The zero-order valence-electron chi connectivity index (χ0n) is 10.7. The summed E-state index contributed by atoms with van der Waals surface area (Å²) >= 11 is 1.59. The van der Waals surface area contributed by atoms with E-state index in [1.807, 2.05) is 22.9 Å². The largest absolute Gasteiger partial charge is 0.480 e. The minimum Gasteiger partial charge on any atom is -0.480 e. The number of nitrogens with one attached hydrogen (secondary N) is 1. The van der Waals surface area contributed by atoms with Crippen LogP contribution >= 0.6 is 11.3 Å². The summed E-state index contributed by atoms with van der Waals surface area (Å²) in [5.41, 5.74) is 1.03. The zero-order valence-corrected chi connectivity index (χ0v) is 11.5. The fourth-order valence-electron chi connectivity index (χ4n) is 1.82. The van der Waals surface area contributed by atoms with Gasteiger partial charge in [-0.3, -0.25) is 4.40 Å². The van der Waals surface area contributed by atoms with Crippen LogP contribution < -0.4 is 10.1 Å². The van der Waals surface area contributed by atoms with Gasteiger partial charge in [0.15, 0.2) is 4.96 Å². The van der Waals surface area contributed by atoms with E-state index in [4.69, 9.17) is 4.74 Å². The van der Waals surface area contributed by atoms with E-state index < -0.39 is 0 Å². The second kappa shape index (κ2) is 6.17. The van der Waals surface area contributed by atoms with Crippen molar-refractivity contribution >= 4 is 16.3 Å². The molecule has 2 heterocycles. The molecule has 5 nitrogen and oxygen atoms in total. The van der Waals surface area contributed by atoms with Gasteiger partial charge in [-0.2, -0.15) is 4.98 Å². The lowest BCUT2D eigenvalue weighted by molar-refractivity contribution is 0.159. The summed E-state index contributed by atoms with van der Waals surface area (Å²) in [7, 11) is 1.64. The van der Waals surface area contributed by atoms with Crippen molar-refractivity contribution < 1.29 is 9.84 Å². The molecule has 0 saturated carbocycles. The molecule has 0 aliphatic carbocycles. The van der Waals surface area contributed by atoms with Gasteiger partial charge in [-0.1, -0.05) is 6.92 Å². The third-order valence-electron chi connectivity index (χ3n) is 2.94. The molecular weight excluding hydrogens is 250 g/mol. The summed E-state index contributed by atoms with van der Waals surface area (Å²) in [5.74, 6) is 0.672. The fraction of sp³-hybridized carbons (Fsp3) is 0.583. The molecule has 6 heteroatoms. The molecule has 0 radical (unpaired) electrons. The van der Waals surface area contributed by atoms with Crippen molar-refractivity contribution in [3.05, 3.63) is 17.3 Å². The highest BCUT2D eigenvalue weighted by molar-refractivity contribution is 7.15. The second-order valence-corrected chi connectivity index (χ2v) is 5.02. The Morgan fingerprint density at radius 2 is 2.44 bits per heavy atom. The Morgan fingerprint density at radius 3 is 3.17 bits per heavy atom. The fourth-order valence-corrected chi connectivity index (χ4v) is 2.54. The first kappa shape index (κ1) is 13.3. The van der Waals surface area contributed by atoms with Crippen LogP contribution in [0.5, 0.6) is 5.88 Å². The lowest BCUT2D eigenvalue weighted by Crippen LogP contribution is -2.20. The van der Waals surface area contributed by atoms with Gasteiger partial charge in [-0.15, -0.1) is 11.3 Å². The Hall–Kier alpha value is -1.11. The number of hydrogen-bond donors (Lipinski definition) is 2. The van der Waals surface area contributed by atoms with Crippen molar-refractivity contribution in [2.24, 2.45) is 0 Å². The lowest BCUT2D eigenvalue weighted by Gasteiger charge is -2.09. The van der Waals surface area contributed by atoms with Crippen molar-refractivity contribution in [3.8, 4) is 5.88 Å². The number of thiazole rings is 1. The molecule has 2 aromatic rings. The molecule has 0 amide bonds. The summed E-state index contributed by atoms with van der Waals surface area (Å²) in [5, 5.41) is 14.8. The van der Waals surface area contributed by atoms with Crippen LogP contribution in [0.25, 0.3) is 4.96 Å². The van der Waals surface area contributed by atoms with E-state index in [9.17, 15) is 5.11 Å². The first-order valence-electron chi connectivity index (χ1n) is 6.13. The monoisotopic (exact) mass is 269 g/mol. The molecule has 0 aliphatic heterocycles. The second-order valence-electron chi connectivity index (χ2n) is 4.15. The molecule has 100 valence electrons. The Balaban J connectivity index is 1.95. The lowest BCUT2D eigenvalue weighted by atomic mass is 10.2. The third kappa shape index (κ3) is 2.82. The van der Waals surface area contributed by atoms with Gasteiger partial charge < -0.3 is 15.2 Å². The molecule has 2 aromatic heterocycles. The van der Waals surface area contributed by atoms with Crippen LogP contribution in [0.4, 0.5) is 0 Å². The van der Waals surface area contributed by atoms with Gasteiger partial charge in [0.1, 0.15) is 5.69 Å². The van der Waals surface area contributed by atoms with Gasteiger partial charge in [0.25, 0.3) is 0 Å². The Bertz CT molecular complexity index is 494. The van der Waals surface area contributed by atoms with Crippen molar-refractivity contribution in [2.75, 3.05) is 13.7 Å². The molecule has 0 saturated heterocycles. The van der Waals surface area contributed by atoms with Crippen molar-refractivity contribution in [1.82, 2.24) is 14.7 Å². The first-order valence-corrected chi connectivity index (χ1v) is 7.01. The van der Waals surface area contributed by atoms with Crippen LogP contribution in [0.15, 0.2) is 11.6 Å². The highest BCUT2D eigenvalue weighted by Crippen LogP contribution is 2.22. The van der Waals surface area contributed by atoms with E-state index in [0.717, 1.165) is 30.0 Å². The first-order chi connectivity index (χ1) is 8.76. The SMILES string of the molecule is CCC(O)CCNCc1c(OC)nc2sccn12. The van der Waals surface area contributed by atoms with Gasteiger partial charge in [0.2, 0.25) is 5.88 Å². The number of aliphatic hydroxyl groups excluding tert-OH is 1. The van der Waals surface area contributed by atoms with E-state index in [2.05, 4.69) is 10.3 Å². The minimum absolute atomic E-state index is 0.217. The summed E-state index contributed by atoms with van der Waals surface area (Å²) < 4.78 is 7.31. The Kier molecular flexibility index (Phi) is 4.57. The van der Waals surface area contributed by atoms with Crippen molar-refractivity contribution in [3.63, 3.8) is 0 Å². The predicted octanol–water partition coefficient (Wildman–Crippen LogP) is 1.65. The third-order valence-corrected chi connectivity index (χ3v) is 3.69. The average molecular weight is 269 g/mol. The quantitative estimate of drug-likeness (QED) is 0.751. The number of fused-ring (bicyclic) bond motifs is 1. The molecule has 0 fully saturated rings. The average Bonchev–Trinajstić information content (AvgIpc) is 2.95. The van der Waals surface area contributed by atoms with Gasteiger partial charge >= 0.3 is 0 Å². The van der Waals surface area contributed by atoms with E-state index in [0.29, 0.717) is 12.4 Å². The highest BCUT2D eigenvalue weighted by atomic mass is 32.1. The maximum absolute atomic E-state index is 9.47.